The van der Waals surface area contributed by atoms with E-state index in [9.17, 15) is 0 Å². The van der Waals surface area contributed by atoms with E-state index >= 15 is 0 Å². The molecule has 1 atom stereocenters. The first-order valence-electron chi connectivity index (χ1n) is 6.39. The second-order valence-electron chi connectivity index (χ2n) is 4.71. The van der Waals surface area contributed by atoms with E-state index in [0.717, 1.165) is 28.6 Å². The Balaban J connectivity index is 2.38. The van der Waals surface area contributed by atoms with Gasteiger partial charge in [0.05, 0.1) is 6.04 Å². The number of hydrogen-bond acceptors (Lipinski definition) is 4. The van der Waals surface area contributed by atoms with Gasteiger partial charge in [-0.3, -0.25) is 0 Å². The first kappa shape index (κ1) is 13.9. The zero-order valence-electron chi connectivity index (χ0n) is 12.2. The Morgan fingerprint density at radius 1 is 1.16 bits per heavy atom. The molecule has 0 aromatic carbocycles. The van der Waals surface area contributed by atoms with Crippen LogP contribution in [0, 0.1) is 20.8 Å². The fourth-order valence-corrected chi connectivity index (χ4v) is 2.43. The van der Waals surface area contributed by atoms with Gasteiger partial charge in [-0.05, 0) is 45.5 Å². The van der Waals surface area contributed by atoms with Crippen molar-refractivity contribution in [2.75, 3.05) is 14.2 Å². The first-order valence-corrected chi connectivity index (χ1v) is 6.39. The molecule has 4 heteroatoms. The van der Waals surface area contributed by atoms with Gasteiger partial charge in [0.1, 0.15) is 29.6 Å². The number of hydrogen-bond donors (Lipinski definition) is 1. The predicted octanol–water partition coefficient (Wildman–Crippen LogP) is 3.25. The van der Waals surface area contributed by atoms with Crippen molar-refractivity contribution in [3.05, 3.63) is 46.3 Å². The van der Waals surface area contributed by atoms with E-state index in [1.165, 1.54) is 5.56 Å². The molecule has 2 aromatic rings. The highest BCUT2D eigenvalue weighted by Gasteiger charge is 2.23. The smallest absolute Gasteiger partial charge is 0.129 e. The van der Waals surface area contributed by atoms with Crippen LogP contribution in [0.1, 0.15) is 40.2 Å². The zero-order valence-corrected chi connectivity index (χ0v) is 12.2. The Hall–Kier alpha value is -1.52. The van der Waals surface area contributed by atoms with E-state index in [1.54, 1.807) is 7.11 Å². The lowest BCUT2D eigenvalue weighted by Crippen LogP contribution is -2.18. The summed E-state index contributed by atoms with van der Waals surface area (Å²) < 4.78 is 16.6. The SMILES string of the molecule is CNC(c1ccc(COC)o1)c1c(C)oc(C)c1C. The van der Waals surface area contributed by atoms with Crippen LogP contribution >= 0.6 is 0 Å². The van der Waals surface area contributed by atoms with E-state index in [4.69, 9.17) is 13.6 Å². The average Bonchev–Trinajstić information content (AvgIpc) is 2.91. The number of furan rings is 2. The van der Waals surface area contributed by atoms with E-state index in [-0.39, 0.29) is 6.04 Å². The number of aryl methyl sites for hydroxylation is 2. The first-order chi connectivity index (χ1) is 9.08. The van der Waals surface area contributed by atoms with Gasteiger partial charge in [-0.1, -0.05) is 0 Å². The van der Waals surface area contributed by atoms with Gasteiger partial charge in [0.2, 0.25) is 0 Å². The molecule has 1 N–H and O–H groups in total. The molecule has 0 amide bonds. The van der Waals surface area contributed by atoms with Crippen LogP contribution in [0.5, 0.6) is 0 Å². The van der Waals surface area contributed by atoms with Crippen LogP contribution in [0.25, 0.3) is 0 Å². The minimum absolute atomic E-state index is 0.00283. The van der Waals surface area contributed by atoms with Gasteiger partial charge in [0.15, 0.2) is 0 Å². The highest BCUT2D eigenvalue weighted by molar-refractivity contribution is 5.38. The Bertz CT molecular complexity index is 554. The van der Waals surface area contributed by atoms with Crippen molar-refractivity contribution in [3.8, 4) is 0 Å². The number of ether oxygens (including phenoxy) is 1. The van der Waals surface area contributed by atoms with Gasteiger partial charge in [0, 0.05) is 12.7 Å². The summed E-state index contributed by atoms with van der Waals surface area (Å²) in [5.74, 6) is 3.59. The van der Waals surface area contributed by atoms with Crippen LogP contribution in [0.4, 0.5) is 0 Å². The van der Waals surface area contributed by atoms with Crippen LogP contribution in [-0.4, -0.2) is 14.2 Å². The average molecular weight is 263 g/mol. The molecule has 2 aromatic heterocycles. The molecule has 0 spiro atoms. The van der Waals surface area contributed by atoms with E-state index < -0.39 is 0 Å². The molecule has 1 unspecified atom stereocenters. The Morgan fingerprint density at radius 2 is 1.89 bits per heavy atom. The van der Waals surface area contributed by atoms with E-state index in [2.05, 4.69) is 12.2 Å². The number of nitrogens with one attached hydrogen (secondary N) is 1. The minimum Gasteiger partial charge on any atom is -0.466 e. The molecule has 0 bridgehead atoms. The molecule has 0 aliphatic heterocycles. The van der Waals surface area contributed by atoms with Gasteiger partial charge in [-0.25, -0.2) is 0 Å². The summed E-state index contributed by atoms with van der Waals surface area (Å²) in [6.07, 6.45) is 0. The predicted molar refractivity (Wildman–Crippen MR) is 73.2 cm³/mol. The summed E-state index contributed by atoms with van der Waals surface area (Å²) in [7, 11) is 3.58. The third kappa shape index (κ3) is 2.60. The monoisotopic (exact) mass is 263 g/mol. The number of rotatable bonds is 5. The Kier molecular flexibility index (Phi) is 4.12. The van der Waals surface area contributed by atoms with E-state index in [0.29, 0.717) is 6.61 Å². The minimum atomic E-state index is 0.00283. The maximum atomic E-state index is 5.82. The molecule has 0 radical (unpaired) electrons. The standard InChI is InChI=1S/C15H21NO3/c1-9-10(2)18-11(3)14(9)15(16-4)13-7-6-12(19-13)8-17-5/h6-7,15-16H,8H2,1-5H3. The molecular formula is C15H21NO3. The summed E-state index contributed by atoms with van der Waals surface area (Å²) >= 11 is 0. The van der Waals surface area contributed by atoms with Crippen LogP contribution in [-0.2, 0) is 11.3 Å². The summed E-state index contributed by atoms with van der Waals surface area (Å²) in [6, 6.07) is 3.93. The molecule has 0 fully saturated rings. The summed E-state index contributed by atoms with van der Waals surface area (Å²) in [4.78, 5) is 0. The van der Waals surface area contributed by atoms with Crippen molar-refractivity contribution in [1.82, 2.24) is 5.32 Å². The van der Waals surface area contributed by atoms with E-state index in [1.807, 2.05) is 33.0 Å². The lowest BCUT2D eigenvalue weighted by molar-refractivity contribution is 0.162. The zero-order chi connectivity index (χ0) is 14.0. The third-order valence-corrected chi connectivity index (χ3v) is 3.45. The summed E-state index contributed by atoms with van der Waals surface area (Å²) in [5.41, 5.74) is 2.32. The fourth-order valence-electron chi connectivity index (χ4n) is 2.43. The molecule has 19 heavy (non-hydrogen) atoms. The largest absolute Gasteiger partial charge is 0.466 e. The second-order valence-corrected chi connectivity index (χ2v) is 4.71. The maximum absolute atomic E-state index is 5.82. The van der Waals surface area contributed by atoms with Crippen LogP contribution < -0.4 is 5.32 Å². The van der Waals surface area contributed by atoms with Gasteiger partial charge in [0.25, 0.3) is 0 Å². The van der Waals surface area contributed by atoms with Crippen molar-refractivity contribution in [3.63, 3.8) is 0 Å². The lowest BCUT2D eigenvalue weighted by Gasteiger charge is -2.14. The van der Waals surface area contributed by atoms with Crippen molar-refractivity contribution in [2.24, 2.45) is 0 Å². The van der Waals surface area contributed by atoms with Gasteiger partial charge in [-0.15, -0.1) is 0 Å². The highest BCUT2D eigenvalue weighted by atomic mass is 16.5. The summed E-state index contributed by atoms with van der Waals surface area (Å²) in [6.45, 7) is 6.53. The Morgan fingerprint density at radius 3 is 2.42 bits per heavy atom. The maximum Gasteiger partial charge on any atom is 0.129 e. The van der Waals surface area contributed by atoms with Crippen molar-refractivity contribution >= 4 is 0 Å². The second kappa shape index (κ2) is 5.63. The van der Waals surface area contributed by atoms with Crippen LogP contribution in [0.15, 0.2) is 21.0 Å². The molecule has 2 heterocycles. The topological polar surface area (TPSA) is 47.5 Å². The molecule has 0 aliphatic carbocycles. The number of methoxy groups -OCH3 is 1. The van der Waals surface area contributed by atoms with Crippen molar-refractivity contribution in [1.29, 1.82) is 0 Å². The molecule has 2 rings (SSSR count). The third-order valence-electron chi connectivity index (χ3n) is 3.45. The molecule has 4 nitrogen and oxygen atoms in total. The van der Waals surface area contributed by atoms with Gasteiger partial charge in [-0.2, -0.15) is 0 Å². The van der Waals surface area contributed by atoms with Crippen molar-refractivity contribution < 1.29 is 13.6 Å². The molecule has 0 saturated carbocycles. The quantitative estimate of drug-likeness (QED) is 0.899. The lowest BCUT2D eigenvalue weighted by atomic mass is 10.0. The summed E-state index contributed by atoms with van der Waals surface area (Å²) in [5, 5.41) is 3.29. The Labute approximate surface area is 113 Å². The van der Waals surface area contributed by atoms with Gasteiger partial charge >= 0.3 is 0 Å². The molecule has 0 aliphatic rings. The van der Waals surface area contributed by atoms with Crippen LogP contribution in [0.2, 0.25) is 0 Å². The van der Waals surface area contributed by atoms with Crippen LogP contribution in [0.3, 0.4) is 0 Å². The fraction of sp³-hybridized carbons (Fsp3) is 0.467. The van der Waals surface area contributed by atoms with Crippen molar-refractivity contribution in [2.45, 2.75) is 33.4 Å². The molecular weight excluding hydrogens is 242 g/mol. The molecule has 104 valence electrons. The highest BCUT2D eigenvalue weighted by Crippen LogP contribution is 2.32. The van der Waals surface area contributed by atoms with Gasteiger partial charge < -0.3 is 18.9 Å². The molecule has 0 saturated heterocycles. The normalized spacial score (nSPS) is 12.9.